The van der Waals surface area contributed by atoms with E-state index in [4.69, 9.17) is 0 Å². The van der Waals surface area contributed by atoms with E-state index in [1.807, 2.05) is 12.1 Å². The van der Waals surface area contributed by atoms with Crippen LogP contribution in [0.25, 0.3) is 0 Å². The number of hydrogen-bond acceptors (Lipinski definition) is 4. The van der Waals surface area contributed by atoms with E-state index in [9.17, 15) is 13.5 Å². The molecule has 3 aliphatic rings. The highest BCUT2D eigenvalue weighted by Gasteiger charge is 2.68. The lowest BCUT2D eigenvalue weighted by atomic mass is 9.86. The Hall–Kier alpha value is -1.96. The number of nitrogens with zero attached hydrogens (tertiary/aromatic N) is 1. The summed E-state index contributed by atoms with van der Waals surface area (Å²) in [4.78, 5) is 2.33. The second-order valence-electron chi connectivity index (χ2n) is 9.69. The molecule has 2 unspecified atom stereocenters. The Morgan fingerprint density at radius 2 is 1.71 bits per heavy atom. The summed E-state index contributed by atoms with van der Waals surface area (Å²) in [7, 11) is -3.54. The third-order valence-corrected chi connectivity index (χ3v) is 8.26. The number of hydrogen-bond donors (Lipinski definition) is 2. The average molecular weight is 445 g/mol. The van der Waals surface area contributed by atoms with Gasteiger partial charge in [0.05, 0.1) is 17.5 Å². The standard InChI is InChI=1S/C24H29FN2O3S/c1-3-24(18-9-6-10-21(22(18)25)26-31(2,29)30)19-13-27(14-20(19)24)15-23(28)11-16-7-4-5-8-17(16)12-23/h4-10,19-20,26,28H,3,11-15H2,1-2H3. The van der Waals surface area contributed by atoms with Crippen molar-refractivity contribution in [2.45, 2.75) is 37.2 Å². The molecular weight excluding hydrogens is 415 g/mol. The molecule has 2 N–H and O–H groups in total. The maximum Gasteiger partial charge on any atom is 0.229 e. The fraction of sp³-hybridized carbons (Fsp3) is 0.500. The van der Waals surface area contributed by atoms with E-state index in [0.717, 1.165) is 25.8 Å². The summed E-state index contributed by atoms with van der Waals surface area (Å²) in [5.41, 5.74) is 2.11. The first-order valence-corrected chi connectivity index (χ1v) is 12.8. The molecule has 5 rings (SSSR count). The maximum absolute atomic E-state index is 15.3. The fourth-order valence-corrected chi connectivity index (χ4v) is 6.99. The number of β-amino-alcohol motifs (C(OH)–C–C–N with tert-alkyl or cyclic N) is 1. The average Bonchev–Trinajstić information content (AvgIpc) is 2.98. The fourth-order valence-electron chi connectivity index (χ4n) is 6.43. The minimum atomic E-state index is -3.54. The summed E-state index contributed by atoms with van der Waals surface area (Å²) in [6, 6.07) is 13.2. The maximum atomic E-state index is 15.3. The van der Waals surface area contributed by atoms with Crippen LogP contribution in [0.3, 0.4) is 0 Å². The summed E-state index contributed by atoms with van der Waals surface area (Å²) in [6.45, 7) is 4.38. The van der Waals surface area contributed by atoms with Gasteiger partial charge in [0.1, 0.15) is 0 Å². The topological polar surface area (TPSA) is 69.6 Å². The van der Waals surface area contributed by atoms with Gasteiger partial charge in [-0.3, -0.25) is 9.62 Å². The van der Waals surface area contributed by atoms with Crippen molar-refractivity contribution in [3.05, 3.63) is 65.0 Å². The predicted molar refractivity (Wildman–Crippen MR) is 119 cm³/mol. The first kappa shape index (κ1) is 20.9. The van der Waals surface area contributed by atoms with Crippen LogP contribution in [0, 0.1) is 17.7 Å². The van der Waals surface area contributed by atoms with Crippen LogP contribution in [-0.2, 0) is 28.3 Å². The van der Waals surface area contributed by atoms with E-state index in [0.29, 0.717) is 36.8 Å². The van der Waals surface area contributed by atoms with Crippen LogP contribution < -0.4 is 4.72 Å². The summed E-state index contributed by atoms with van der Waals surface area (Å²) in [5, 5.41) is 11.2. The molecule has 1 aliphatic heterocycles. The Kier molecular flexibility index (Phi) is 4.74. The minimum absolute atomic E-state index is 0.0210. The molecular formula is C24H29FN2O3S. The number of sulfonamides is 1. The third-order valence-electron chi connectivity index (χ3n) is 7.67. The van der Waals surface area contributed by atoms with E-state index in [2.05, 4.69) is 28.7 Å². The van der Waals surface area contributed by atoms with Crippen LogP contribution in [0.2, 0.25) is 0 Å². The Morgan fingerprint density at radius 3 is 2.26 bits per heavy atom. The van der Waals surface area contributed by atoms with Gasteiger partial charge in [-0.2, -0.15) is 0 Å². The number of rotatable bonds is 6. The van der Waals surface area contributed by atoms with Crippen molar-refractivity contribution in [1.82, 2.24) is 4.90 Å². The van der Waals surface area contributed by atoms with Gasteiger partial charge in [0, 0.05) is 37.9 Å². The Morgan fingerprint density at radius 1 is 1.10 bits per heavy atom. The Labute approximate surface area is 183 Å². The zero-order valence-corrected chi connectivity index (χ0v) is 18.8. The summed E-state index contributed by atoms with van der Waals surface area (Å²) in [6.07, 6.45) is 3.21. The number of likely N-dealkylation sites (tertiary alicyclic amines) is 1. The molecule has 1 saturated heterocycles. The first-order chi connectivity index (χ1) is 14.7. The van der Waals surface area contributed by atoms with Crippen LogP contribution in [-0.4, -0.2) is 49.9 Å². The highest BCUT2D eigenvalue weighted by atomic mass is 32.2. The summed E-state index contributed by atoms with van der Waals surface area (Å²) in [5.74, 6) is 0.196. The lowest BCUT2D eigenvalue weighted by Gasteiger charge is -2.32. The molecule has 0 amide bonds. The van der Waals surface area contributed by atoms with Crippen LogP contribution in [0.1, 0.15) is 30.0 Å². The van der Waals surface area contributed by atoms with Gasteiger partial charge < -0.3 is 5.11 Å². The molecule has 31 heavy (non-hydrogen) atoms. The van der Waals surface area contributed by atoms with E-state index in [-0.39, 0.29) is 11.1 Å². The summed E-state index contributed by atoms with van der Waals surface area (Å²) < 4.78 is 40.8. The number of benzene rings is 2. The molecule has 0 aromatic heterocycles. The molecule has 1 saturated carbocycles. The second kappa shape index (κ2) is 7.02. The minimum Gasteiger partial charge on any atom is -0.388 e. The van der Waals surface area contributed by atoms with Gasteiger partial charge in [-0.05, 0) is 41.0 Å². The SMILES string of the molecule is CCC1(c2cccc(NS(C)(=O)=O)c2F)C2CN(CC3(O)Cc4ccccc4C3)CC21. The lowest BCUT2D eigenvalue weighted by molar-refractivity contribution is 0.0138. The van der Waals surface area contributed by atoms with Crippen LogP contribution >= 0.6 is 0 Å². The second-order valence-corrected chi connectivity index (χ2v) is 11.4. The van der Waals surface area contributed by atoms with Crippen molar-refractivity contribution < 1.29 is 17.9 Å². The molecule has 2 fully saturated rings. The van der Waals surface area contributed by atoms with Gasteiger partial charge in [-0.1, -0.05) is 43.3 Å². The van der Waals surface area contributed by atoms with Gasteiger partial charge in [-0.15, -0.1) is 0 Å². The molecule has 0 bridgehead atoms. The molecule has 2 aliphatic carbocycles. The van der Waals surface area contributed by atoms with Crippen molar-refractivity contribution >= 4 is 15.7 Å². The molecule has 0 radical (unpaired) electrons. The first-order valence-electron chi connectivity index (χ1n) is 10.9. The number of piperidine rings is 1. The molecule has 2 atom stereocenters. The van der Waals surface area contributed by atoms with Gasteiger partial charge in [0.15, 0.2) is 5.82 Å². The number of nitrogens with one attached hydrogen (secondary N) is 1. The van der Waals surface area contributed by atoms with E-state index >= 15 is 4.39 Å². The molecule has 0 spiro atoms. The number of halogens is 1. The normalized spacial score (nSPS) is 28.9. The Balaban J connectivity index is 1.31. The van der Waals surface area contributed by atoms with Crippen LogP contribution in [0.5, 0.6) is 0 Å². The molecule has 7 heteroatoms. The predicted octanol–water partition coefficient (Wildman–Crippen LogP) is 2.94. The summed E-state index contributed by atoms with van der Waals surface area (Å²) >= 11 is 0. The zero-order valence-electron chi connectivity index (χ0n) is 17.9. The highest BCUT2D eigenvalue weighted by molar-refractivity contribution is 7.92. The molecule has 1 heterocycles. The quantitative estimate of drug-likeness (QED) is 0.719. The zero-order chi connectivity index (χ0) is 22.0. The lowest BCUT2D eigenvalue weighted by Crippen LogP contribution is -2.45. The molecule has 166 valence electrons. The number of aliphatic hydroxyl groups is 1. The van der Waals surface area contributed by atoms with Crippen LogP contribution in [0.15, 0.2) is 42.5 Å². The molecule has 2 aromatic carbocycles. The van der Waals surface area contributed by atoms with Crippen LogP contribution in [0.4, 0.5) is 10.1 Å². The van der Waals surface area contributed by atoms with E-state index in [1.165, 1.54) is 17.2 Å². The van der Waals surface area contributed by atoms with Gasteiger partial charge in [-0.25, -0.2) is 12.8 Å². The van der Waals surface area contributed by atoms with Crippen molar-refractivity contribution in [3.8, 4) is 0 Å². The van der Waals surface area contributed by atoms with E-state index < -0.39 is 21.4 Å². The monoisotopic (exact) mass is 444 g/mol. The van der Waals surface area contributed by atoms with Crippen molar-refractivity contribution in [1.29, 1.82) is 0 Å². The van der Waals surface area contributed by atoms with Gasteiger partial charge in [0.25, 0.3) is 0 Å². The number of anilines is 1. The molecule has 2 aromatic rings. The highest BCUT2D eigenvalue weighted by Crippen LogP contribution is 2.66. The Bertz CT molecular complexity index is 1100. The third kappa shape index (κ3) is 3.47. The number of fused-ring (bicyclic) bond motifs is 2. The van der Waals surface area contributed by atoms with Crippen molar-refractivity contribution in [2.75, 3.05) is 30.6 Å². The molecule has 5 nitrogen and oxygen atoms in total. The van der Waals surface area contributed by atoms with E-state index in [1.54, 1.807) is 12.1 Å². The smallest absolute Gasteiger partial charge is 0.229 e. The van der Waals surface area contributed by atoms with Gasteiger partial charge >= 0.3 is 0 Å². The van der Waals surface area contributed by atoms with Gasteiger partial charge in [0.2, 0.25) is 10.0 Å². The van der Waals surface area contributed by atoms with Crippen molar-refractivity contribution in [2.24, 2.45) is 11.8 Å². The van der Waals surface area contributed by atoms with Crippen molar-refractivity contribution in [3.63, 3.8) is 0 Å². The largest absolute Gasteiger partial charge is 0.388 e.